The van der Waals surface area contributed by atoms with Gasteiger partial charge < -0.3 is 9.80 Å². The summed E-state index contributed by atoms with van der Waals surface area (Å²) in [5, 5.41) is 0.565. The largest absolute Gasteiger partial charge is 0.368 e. The number of carbonyl (C=O) groups excluding carboxylic acids is 1. The van der Waals surface area contributed by atoms with E-state index in [9.17, 15) is 4.79 Å². The molecule has 1 heterocycles. The molecule has 0 N–H and O–H groups in total. The van der Waals surface area contributed by atoms with Crippen molar-refractivity contribution in [1.82, 2.24) is 4.90 Å². The third-order valence-electron chi connectivity index (χ3n) is 4.43. The van der Waals surface area contributed by atoms with Crippen molar-refractivity contribution in [2.75, 3.05) is 31.1 Å². The van der Waals surface area contributed by atoms with Gasteiger partial charge in [0, 0.05) is 41.9 Å². The highest BCUT2D eigenvalue weighted by molar-refractivity contribution is 9.10. The van der Waals surface area contributed by atoms with E-state index in [0.717, 1.165) is 30.7 Å². The molecule has 24 heavy (non-hydrogen) atoms. The summed E-state index contributed by atoms with van der Waals surface area (Å²) in [5.41, 5.74) is 4.47. The first-order valence-corrected chi connectivity index (χ1v) is 9.19. The van der Waals surface area contributed by atoms with Gasteiger partial charge in [-0.15, -0.1) is 0 Å². The zero-order valence-corrected chi connectivity index (χ0v) is 16.2. The Balaban J connectivity index is 1.68. The molecule has 0 aliphatic carbocycles. The summed E-state index contributed by atoms with van der Waals surface area (Å²) >= 11 is 9.46. The minimum absolute atomic E-state index is 0.0460. The van der Waals surface area contributed by atoms with Gasteiger partial charge >= 0.3 is 0 Å². The van der Waals surface area contributed by atoms with Gasteiger partial charge in [-0.05, 0) is 59.6 Å². The number of hydrogen-bond donors (Lipinski definition) is 0. The molecule has 0 unspecified atom stereocenters. The molecule has 0 saturated carbocycles. The van der Waals surface area contributed by atoms with Crippen molar-refractivity contribution in [3.63, 3.8) is 0 Å². The van der Waals surface area contributed by atoms with Crippen LogP contribution in [-0.4, -0.2) is 37.0 Å². The third-order valence-corrected chi connectivity index (χ3v) is 5.66. The van der Waals surface area contributed by atoms with Gasteiger partial charge in [-0.3, -0.25) is 4.79 Å². The van der Waals surface area contributed by atoms with E-state index in [0.29, 0.717) is 10.6 Å². The summed E-state index contributed by atoms with van der Waals surface area (Å²) in [6.45, 7) is 7.39. The van der Waals surface area contributed by atoms with Gasteiger partial charge in [0.15, 0.2) is 0 Å². The Bertz CT molecular complexity index is 770. The lowest BCUT2D eigenvalue weighted by Gasteiger charge is -2.37. The Labute approximate surface area is 156 Å². The van der Waals surface area contributed by atoms with Crippen LogP contribution in [0.3, 0.4) is 0 Å². The molecule has 0 radical (unpaired) electrons. The summed E-state index contributed by atoms with van der Waals surface area (Å²) in [7, 11) is 0. The SMILES string of the molecule is Cc1ccc(N2CCN(C(=O)c3ccc(Br)c(Cl)c3)CC2)c(C)c1. The second kappa shape index (κ2) is 7.16. The van der Waals surface area contributed by atoms with Gasteiger partial charge in [0.25, 0.3) is 5.91 Å². The Kier molecular flexibility index (Phi) is 5.16. The van der Waals surface area contributed by atoms with E-state index >= 15 is 0 Å². The van der Waals surface area contributed by atoms with Crippen LogP contribution in [0.1, 0.15) is 21.5 Å². The first-order valence-electron chi connectivity index (χ1n) is 8.02. The van der Waals surface area contributed by atoms with Crippen LogP contribution >= 0.6 is 27.5 Å². The third kappa shape index (κ3) is 3.60. The number of amides is 1. The summed E-state index contributed by atoms with van der Waals surface area (Å²) in [4.78, 5) is 16.9. The molecule has 2 aromatic rings. The van der Waals surface area contributed by atoms with Gasteiger partial charge in [0.1, 0.15) is 0 Å². The highest BCUT2D eigenvalue weighted by Crippen LogP contribution is 2.25. The van der Waals surface area contributed by atoms with Crippen LogP contribution in [0.15, 0.2) is 40.9 Å². The molecule has 1 aliphatic rings. The maximum absolute atomic E-state index is 12.7. The molecule has 0 spiro atoms. The van der Waals surface area contributed by atoms with E-state index in [4.69, 9.17) is 11.6 Å². The van der Waals surface area contributed by atoms with Crippen LogP contribution in [0.5, 0.6) is 0 Å². The summed E-state index contributed by atoms with van der Waals surface area (Å²) in [5.74, 6) is 0.0460. The number of rotatable bonds is 2. The lowest BCUT2D eigenvalue weighted by atomic mass is 10.1. The molecular weight excluding hydrogens is 388 g/mol. The molecule has 0 atom stereocenters. The van der Waals surface area contributed by atoms with Gasteiger partial charge in [0.2, 0.25) is 0 Å². The van der Waals surface area contributed by atoms with Crippen LogP contribution in [-0.2, 0) is 0 Å². The highest BCUT2D eigenvalue weighted by atomic mass is 79.9. The monoisotopic (exact) mass is 406 g/mol. The smallest absolute Gasteiger partial charge is 0.254 e. The van der Waals surface area contributed by atoms with Crippen molar-refractivity contribution in [3.8, 4) is 0 Å². The average Bonchev–Trinajstić information content (AvgIpc) is 2.57. The molecule has 5 heteroatoms. The highest BCUT2D eigenvalue weighted by Gasteiger charge is 2.23. The Morgan fingerprint density at radius 2 is 1.75 bits per heavy atom. The fourth-order valence-corrected chi connectivity index (χ4v) is 3.55. The Morgan fingerprint density at radius 1 is 1.04 bits per heavy atom. The van der Waals surface area contributed by atoms with E-state index in [2.05, 4.69) is 52.9 Å². The predicted octanol–water partition coefficient (Wildman–Crippen LogP) is 4.68. The topological polar surface area (TPSA) is 23.6 Å². The molecule has 3 rings (SSSR count). The maximum Gasteiger partial charge on any atom is 0.254 e. The zero-order chi connectivity index (χ0) is 17.3. The Hall–Kier alpha value is -1.52. The fourth-order valence-electron chi connectivity index (χ4n) is 3.12. The maximum atomic E-state index is 12.7. The average molecular weight is 408 g/mol. The molecule has 1 saturated heterocycles. The molecule has 1 fully saturated rings. The van der Waals surface area contributed by atoms with Gasteiger partial charge in [0.05, 0.1) is 5.02 Å². The molecule has 1 aliphatic heterocycles. The molecule has 0 bridgehead atoms. The molecule has 3 nitrogen and oxygen atoms in total. The second-order valence-electron chi connectivity index (χ2n) is 6.20. The van der Waals surface area contributed by atoms with Crippen molar-refractivity contribution in [2.45, 2.75) is 13.8 Å². The van der Waals surface area contributed by atoms with Crippen molar-refractivity contribution in [1.29, 1.82) is 0 Å². The van der Waals surface area contributed by atoms with Crippen molar-refractivity contribution in [3.05, 3.63) is 62.6 Å². The van der Waals surface area contributed by atoms with Crippen LogP contribution in [0, 0.1) is 13.8 Å². The van der Waals surface area contributed by atoms with Gasteiger partial charge in [-0.25, -0.2) is 0 Å². The summed E-state index contributed by atoms with van der Waals surface area (Å²) in [6.07, 6.45) is 0. The standard InChI is InChI=1S/C19H20BrClN2O/c1-13-3-6-18(14(2)11-13)22-7-9-23(10-8-22)19(24)15-4-5-16(20)17(21)12-15/h3-6,11-12H,7-10H2,1-2H3. The zero-order valence-electron chi connectivity index (χ0n) is 13.9. The van der Waals surface area contributed by atoms with Crippen molar-refractivity contribution in [2.24, 2.45) is 0 Å². The van der Waals surface area contributed by atoms with Crippen LogP contribution in [0.25, 0.3) is 0 Å². The molecule has 2 aromatic carbocycles. The Morgan fingerprint density at radius 3 is 2.38 bits per heavy atom. The minimum Gasteiger partial charge on any atom is -0.368 e. The van der Waals surface area contributed by atoms with E-state index in [1.54, 1.807) is 6.07 Å². The normalized spacial score (nSPS) is 14.8. The van der Waals surface area contributed by atoms with Crippen LogP contribution in [0.4, 0.5) is 5.69 Å². The number of anilines is 1. The second-order valence-corrected chi connectivity index (χ2v) is 7.46. The molecule has 1 amide bonds. The van der Waals surface area contributed by atoms with Gasteiger partial charge in [-0.2, -0.15) is 0 Å². The van der Waals surface area contributed by atoms with Crippen molar-refractivity contribution < 1.29 is 4.79 Å². The number of carbonyl (C=O) groups is 1. The first kappa shape index (κ1) is 17.3. The minimum atomic E-state index is 0.0460. The quantitative estimate of drug-likeness (QED) is 0.721. The lowest BCUT2D eigenvalue weighted by molar-refractivity contribution is 0.0747. The fraction of sp³-hybridized carbons (Fsp3) is 0.316. The van der Waals surface area contributed by atoms with Crippen LogP contribution < -0.4 is 4.90 Å². The molecule has 126 valence electrons. The van der Waals surface area contributed by atoms with Crippen molar-refractivity contribution >= 4 is 39.1 Å². The first-order chi connectivity index (χ1) is 11.5. The van der Waals surface area contributed by atoms with E-state index in [1.165, 1.54) is 16.8 Å². The molecular formula is C19H20BrClN2O. The van der Waals surface area contributed by atoms with E-state index in [1.807, 2.05) is 17.0 Å². The number of aryl methyl sites for hydroxylation is 2. The number of halogens is 2. The van der Waals surface area contributed by atoms with E-state index < -0.39 is 0 Å². The number of piperazine rings is 1. The lowest BCUT2D eigenvalue weighted by Crippen LogP contribution is -2.49. The summed E-state index contributed by atoms with van der Waals surface area (Å²) in [6, 6.07) is 11.9. The predicted molar refractivity (Wildman–Crippen MR) is 103 cm³/mol. The van der Waals surface area contributed by atoms with E-state index in [-0.39, 0.29) is 5.91 Å². The van der Waals surface area contributed by atoms with Gasteiger partial charge in [-0.1, -0.05) is 29.3 Å². The number of nitrogens with zero attached hydrogens (tertiary/aromatic N) is 2. The summed E-state index contributed by atoms with van der Waals surface area (Å²) < 4.78 is 0.806. The number of benzene rings is 2. The van der Waals surface area contributed by atoms with Crippen LogP contribution in [0.2, 0.25) is 5.02 Å². The number of hydrogen-bond acceptors (Lipinski definition) is 2. The molecule has 0 aromatic heterocycles.